The van der Waals surface area contributed by atoms with Crippen molar-refractivity contribution in [2.24, 2.45) is 0 Å². The number of aromatic nitrogens is 3. The van der Waals surface area contributed by atoms with Crippen molar-refractivity contribution >= 4 is 39.9 Å². The van der Waals surface area contributed by atoms with Crippen LogP contribution in [0, 0.1) is 6.92 Å². The van der Waals surface area contributed by atoms with Gasteiger partial charge >= 0.3 is 0 Å². The van der Waals surface area contributed by atoms with Crippen LogP contribution < -0.4 is 24.3 Å². The number of anilines is 1. The molecule has 2 aromatic heterocycles. The number of fused-ring (bicyclic) bond motifs is 4. The minimum atomic E-state index is -0.189. The van der Waals surface area contributed by atoms with E-state index in [9.17, 15) is 4.79 Å². The number of aryl methyl sites for hydroxylation is 1. The predicted octanol–water partition coefficient (Wildman–Crippen LogP) is 3.71. The van der Waals surface area contributed by atoms with Crippen LogP contribution in [0.25, 0.3) is 16.6 Å². The molecule has 1 aliphatic heterocycles. The summed E-state index contributed by atoms with van der Waals surface area (Å²) < 4.78 is 24.0. The van der Waals surface area contributed by atoms with Gasteiger partial charge in [0, 0.05) is 17.5 Å². The third-order valence-corrected chi connectivity index (χ3v) is 6.23. The zero-order valence-electron chi connectivity index (χ0n) is 18.4. The molecule has 0 unspecified atom stereocenters. The molecule has 0 spiro atoms. The van der Waals surface area contributed by atoms with Gasteiger partial charge in [0.25, 0.3) is 0 Å². The van der Waals surface area contributed by atoms with E-state index in [1.807, 2.05) is 23.5 Å². The van der Waals surface area contributed by atoms with Crippen LogP contribution in [0.4, 0.5) is 5.69 Å². The van der Waals surface area contributed by atoms with Crippen LogP contribution in [0.3, 0.4) is 0 Å². The molecule has 4 aromatic rings. The van der Waals surface area contributed by atoms with E-state index in [1.54, 1.807) is 32.4 Å². The zero-order valence-corrected chi connectivity index (χ0v) is 19.2. The first-order valence-corrected chi connectivity index (χ1v) is 11.3. The Labute approximate surface area is 194 Å². The Morgan fingerprint density at radius 2 is 1.88 bits per heavy atom. The molecule has 1 N–H and O–H groups in total. The van der Waals surface area contributed by atoms with Crippen LogP contribution in [-0.2, 0) is 4.79 Å². The maximum absolute atomic E-state index is 12.7. The Hall–Kier alpha value is -3.66. The third-order valence-electron chi connectivity index (χ3n) is 5.31. The van der Waals surface area contributed by atoms with Gasteiger partial charge in [-0.15, -0.1) is 10.2 Å². The molecule has 9 nitrogen and oxygen atoms in total. The Bertz CT molecular complexity index is 1370. The molecule has 1 amide bonds. The van der Waals surface area contributed by atoms with Gasteiger partial charge in [-0.3, -0.25) is 9.20 Å². The summed E-state index contributed by atoms with van der Waals surface area (Å²) in [6, 6.07) is 11.2. The second-order valence-corrected chi connectivity index (χ2v) is 8.37. The largest absolute Gasteiger partial charge is 0.497 e. The molecular weight excluding hydrogens is 444 g/mol. The van der Waals surface area contributed by atoms with Crippen molar-refractivity contribution in [2.45, 2.75) is 12.1 Å². The highest BCUT2D eigenvalue weighted by Gasteiger charge is 2.19. The fourth-order valence-corrected chi connectivity index (χ4v) is 4.50. The van der Waals surface area contributed by atoms with Gasteiger partial charge in [0.15, 0.2) is 22.3 Å². The van der Waals surface area contributed by atoms with Crippen LogP contribution in [-0.4, -0.2) is 53.7 Å². The van der Waals surface area contributed by atoms with Gasteiger partial charge in [0.05, 0.1) is 31.2 Å². The van der Waals surface area contributed by atoms with Gasteiger partial charge in [-0.2, -0.15) is 0 Å². The molecule has 0 saturated heterocycles. The van der Waals surface area contributed by atoms with Crippen molar-refractivity contribution in [3.8, 4) is 23.0 Å². The number of rotatable bonds is 6. The van der Waals surface area contributed by atoms with Crippen LogP contribution in [0.2, 0.25) is 0 Å². The first-order valence-electron chi connectivity index (χ1n) is 10.3. The molecule has 0 atom stereocenters. The lowest BCUT2D eigenvalue weighted by Gasteiger charge is -2.19. The summed E-state index contributed by atoms with van der Waals surface area (Å²) in [7, 11) is 3.12. The maximum Gasteiger partial charge on any atom is 0.234 e. The molecule has 10 heteroatoms. The molecule has 0 bridgehead atoms. The number of carbonyl (C=O) groups excluding carboxylic acids is 1. The minimum absolute atomic E-state index is 0.149. The van der Waals surface area contributed by atoms with E-state index in [4.69, 9.17) is 18.9 Å². The lowest BCUT2D eigenvalue weighted by Crippen LogP contribution is -2.15. The third kappa shape index (κ3) is 3.97. The van der Waals surface area contributed by atoms with E-state index < -0.39 is 0 Å². The van der Waals surface area contributed by atoms with Gasteiger partial charge in [0.1, 0.15) is 24.7 Å². The van der Waals surface area contributed by atoms with Crippen molar-refractivity contribution in [3.05, 3.63) is 42.0 Å². The van der Waals surface area contributed by atoms with E-state index in [0.29, 0.717) is 41.3 Å². The number of methoxy groups -OCH3 is 2. The van der Waals surface area contributed by atoms with Crippen molar-refractivity contribution in [1.29, 1.82) is 0 Å². The average Bonchev–Trinajstić information content (AvgIpc) is 3.27. The van der Waals surface area contributed by atoms with E-state index in [1.165, 1.54) is 11.8 Å². The first-order chi connectivity index (χ1) is 16.1. The molecule has 1 aliphatic rings. The molecule has 5 rings (SSSR count). The molecule has 0 aliphatic carbocycles. The quantitative estimate of drug-likeness (QED) is 0.430. The van der Waals surface area contributed by atoms with Gasteiger partial charge in [-0.1, -0.05) is 11.8 Å². The summed E-state index contributed by atoms with van der Waals surface area (Å²) in [6.45, 7) is 3.02. The Morgan fingerprint density at radius 3 is 2.64 bits per heavy atom. The Morgan fingerprint density at radius 1 is 1.09 bits per heavy atom. The lowest BCUT2D eigenvalue weighted by atomic mass is 10.1. The molecule has 0 fully saturated rings. The van der Waals surface area contributed by atoms with Crippen molar-refractivity contribution < 1.29 is 23.7 Å². The summed E-state index contributed by atoms with van der Waals surface area (Å²) >= 11 is 1.31. The second kappa shape index (κ2) is 8.70. The van der Waals surface area contributed by atoms with Gasteiger partial charge in [0.2, 0.25) is 5.91 Å². The minimum Gasteiger partial charge on any atom is -0.497 e. The van der Waals surface area contributed by atoms with Crippen LogP contribution in [0.5, 0.6) is 23.0 Å². The number of benzene rings is 2. The lowest BCUT2D eigenvalue weighted by molar-refractivity contribution is -0.113. The number of nitrogens with zero attached hydrogens (tertiary/aromatic N) is 3. The monoisotopic (exact) mass is 466 g/mol. The smallest absolute Gasteiger partial charge is 0.234 e. The van der Waals surface area contributed by atoms with Crippen molar-refractivity contribution in [3.63, 3.8) is 0 Å². The Kier molecular flexibility index (Phi) is 5.59. The molecular formula is C23H22N4O5S. The number of pyridine rings is 1. The molecule has 3 heterocycles. The second-order valence-electron chi connectivity index (χ2n) is 7.43. The fourth-order valence-electron chi connectivity index (χ4n) is 3.75. The molecule has 0 radical (unpaired) electrons. The first kappa shape index (κ1) is 21.2. The number of amides is 1. The highest BCUT2D eigenvalue weighted by molar-refractivity contribution is 7.99. The topological polar surface area (TPSA) is 96.2 Å². The van der Waals surface area contributed by atoms with Crippen LogP contribution in [0.15, 0.2) is 41.6 Å². The van der Waals surface area contributed by atoms with E-state index in [-0.39, 0.29) is 11.7 Å². The number of carbonyl (C=O) groups is 1. The van der Waals surface area contributed by atoms with Gasteiger partial charge < -0.3 is 24.3 Å². The van der Waals surface area contributed by atoms with Gasteiger partial charge in [-0.05, 0) is 36.8 Å². The number of thioether (sulfide) groups is 1. The molecule has 2 aromatic carbocycles. The number of hydrogen-bond donors (Lipinski definition) is 1. The average molecular weight is 467 g/mol. The summed E-state index contributed by atoms with van der Waals surface area (Å²) in [5.41, 5.74) is 3.18. The van der Waals surface area contributed by atoms with Crippen molar-refractivity contribution in [2.75, 3.05) is 38.5 Å². The highest BCUT2D eigenvalue weighted by Crippen LogP contribution is 2.36. The fraction of sp³-hybridized carbons (Fsp3) is 0.261. The Balaban J connectivity index is 1.42. The van der Waals surface area contributed by atoms with E-state index >= 15 is 0 Å². The van der Waals surface area contributed by atoms with E-state index in [2.05, 4.69) is 21.6 Å². The molecule has 170 valence electrons. The number of hydrogen-bond acceptors (Lipinski definition) is 8. The van der Waals surface area contributed by atoms with Gasteiger partial charge in [-0.25, -0.2) is 0 Å². The van der Waals surface area contributed by atoms with Crippen LogP contribution in [0.1, 0.15) is 5.56 Å². The van der Waals surface area contributed by atoms with E-state index in [0.717, 1.165) is 27.9 Å². The SMILES string of the molecule is COc1ccc(NC(=O)CSc2nnc3c(C)cc4cc5c(cc4n23)OCCO5)c(OC)c1. The molecule has 0 saturated carbocycles. The van der Waals surface area contributed by atoms with Crippen LogP contribution >= 0.6 is 11.8 Å². The highest BCUT2D eigenvalue weighted by atomic mass is 32.2. The number of nitrogens with one attached hydrogen (secondary N) is 1. The standard InChI is InChI=1S/C23H22N4O5S/c1-13-8-14-9-19-20(32-7-6-31-19)11-17(14)27-22(13)25-26-23(27)33-12-21(28)24-16-5-4-15(29-2)10-18(16)30-3/h4-5,8-11H,6-7,12H2,1-3H3,(H,24,28). The summed E-state index contributed by atoms with van der Waals surface area (Å²) in [4.78, 5) is 12.7. The van der Waals surface area contributed by atoms with Crippen molar-refractivity contribution in [1.82, 2.24) is 14.6 Å². The predicted molar refractivity (Wildman–Crippen MR) is 125 cm³/mol. The maximum atomic E-state index is 12.7. The summed E-state index contributed by atoms with van der Waals surface area (Å²) in [5, 5.41) is 13.2. The molecule has 33 heavy (non-hydrogen) atoms. The normalized spacial score (nSPS) is 12.7. The summed E-state index contributed by atoms with van der Waals surface area (Å²) in [5.74, 6) is 2.54. The zero-order chi connectivity index (χ0) is 22.9. The number of ether oxygens (including phenoxy) is 4. The summed E-state index contributed by atoms with van der Waals surface area (Å²) in [6.07, 6.45) is 0.